The molecule has 10 heteroatoms. The summed E-state index contributed by atoms with van der Waals surface area (Å²) in [4.78, 5) is 36.8. The maximum absolute atomic E-state index is 12.6. The van der Waals surface area contributed by atoms with Gasteiger partial charge in [0.2, 0.25) is 0 Å². The Kier molecular flexibility index (Phi) is 5.96. The second kappa shape index (κ2) is 9.22. The highest BCUT2D eigenvalue weighted by molar-refractivity contribution is 5.97. The van der Waals surface area contributed by atoms with Crippen molar-refractivity contribution in [3.05, 3.63) is 71.4 Å². The zero-order valence-electron chi connectivity index (χ0n) is 18.7. The predicted octanol–water partition coefficient (Wildman–Crippen LogP) is 3.13. The molecule has 5 rings (SSSR count). The molecular weight excluding hydrogens is 452 g/mol. The maximum Gasteiger partial charge on any atom is 0.412 e. The van der Waals surface area contributed by atoms with E-state index in [1.54, 1.807) is 0 Å². The van der Waals surface area contributed by atoms with Gasteiger partial charge in [0.1, 0.15) is 17.8 Å². The standard InChI is InChI=1S/C25H24N4O6/c30-22(27-25(23(31)32)9-11-34-12-10-25)20-13-21(29-28-20)26-24(33)35-14-19-17-7-3-1-5-15(17)16-6-2-4-8-18(16)19/h1-8,13,19H,9-12,14H2,(H,27,30)(H,31,32)(H2,26,28,29,33). The molecule has 35 heavy (non-hydrogen) atoms. The third kappa shape index (κ3) is 4.35. The minimum atomic E-state index is -1.40. The third-order valence-corrected chi connectivity index (χ3v) is 6.50. The summed E-state index contributed by atoms with van der Waals surface area (Å²) in [5, 5.41) is 21.1. The lowest BCUT2D eigenvalue weighted by molar-refractivity contribution is -0.148. The summed E-state index contributed by atoms with van der Waals surface area (Å²) < 4.78 is 10.7. The number of nitrogens with zero attached hydrogens (tertiary/aromatic N) is 1. The van der Waals surface area contributed by atoms with E-state index in [1.165, 1.54) is 6.07 Å². The van der Waals surface area contributed by atoms with Gasteiger partial charge in [0.25, 0.3) is 5.91 Å². The van der Waals surface area contributed by atoms with Crippen LogP contribution < -0.4 is 10.6 Å². The van der Waals surface area contributed by atoms with Crippen LogP contribution in [0.15, 0.2) is 54.6 Å². The number of rotatable bonds is 6. The van der Waals surface area contributed by atoms with E-state index in [2.05, 4.69) is 33.0 Å². The number of H-pyrrole nitrogens is 1. The molecule has 0 unspecified atom stereocenters. The molecule has 0 radical (unpaired) electrons. The summed E-state index contributed by atoms with van der Waals surface area (Å²) in [5.74, 6) is -1.75. The van der Waals surface area contributed by atoms with Crippen molar-refractivity contribution in [1.82, 2.24) is 15.5 Å². The number of aliphatic carboxylic acids is 1. The van der Waals surface area contributed by atoms with Crippen molar-refractivity contribution in [2.75, 3.05) is 25.1 Å². The monoisotopic (exact) mass is 476 g/mol. The lowest BCUT2D eigenvalue weighted by Crippen LogP contribution is -2.57. The number of anilines is 1. The molecule has 2 aromatic carbocycles. The van der Waals surface area contributed by atoms with Crippen LogP contribution in [0.2, 0.25) is 0 Å². The highest BCUT2D eigenvalue weighted by Crippen LogP contribution is 2.44. The molecule has 0 atom stereocenters. The smallest absolute Gasteiger partial charge is 0.412 e. The number of carboxylic acid groups (broad SMARTS) is 1. The number of hydrogen-bond donors (Lipinski definition) is 4. The van der Waals surface area contributed by atoms with Crippen LogP contribution >= 0.6 is 0 Å². The van der Waals surface area contributed by atoms with Gasteiger partial charge in [0.05, 0.1) is 0 Å². The fourth-order valence-corrected chi connectivity index (χ4v) is 4.64. The highest BCUT2D eigenvalue weighted by atomic mass is 16.5. The van der Waals surface area contributed by atoms with E-state index in [0.29, 0.717) is 0 Å². The summed E-state index contributed by atoms with van der Waals surface area (Å²) in [6.07, 6.45) is -0.392. The zero-order chi connectivity index (χ0) is 24.4. The first-order chi connectivity index (χ1) is 17.0. The summed E-state index contributed by atoms with van der Waals surface area (Å²) in [6.45, 7) is 0.620. The second-order valence-corrected chi connectivity index (χ2v) is 8.57. The molecule has 10 nitrogen and oxygen atoms in total. The van der Waals surface area contributed by atoms with Gasteiger partial charge in [-0.3, -0.25) is 15.2 Å². The van der Waals surface area contributed by atoms with Gasteiger partial charge in [-0.25, -0.2) is 9.59 Å². The maximum atomic E-state index is 12.6. The number of carbonyl (C=O) groups is 3. The lowest BCUT2D eigenvalue weighted by Gasteiger charge is -2.33. The van der Waals surface area contributed by atoms with Crippen LogP contribution in [-0.4, -0.2) is 58.6 Å². The van der Waals surface area contributed by atoms with Gasteiger partial charge in [-0.1, -0.05) is 48.5 Å². The largest absolute Gasteiger partial charge is 0.480 e. The number of amides is 2. The molecule has 1 aliphatic carbocycles. The Bertz CT molecular complexity index is 1230. The normalized spacial score (nSPS) is 16.1. The van der Waals surface area contributed by atoms with Gasteiger partial charge in [0, 0.05) is 38.0 Å². The molecule has 1 fully saturated rings. The topological polar surface area (TPSA) is 143 Å². The fourth-order valence-electron chi connectivity index (χ4n) is 4.64. The summed E-state index contributed by atoms with van der Waals surface area (Å²) in [7, 11) is 0. The van der Waals surface area contributed by atoms with Crippen LogP contribution in [-0.2, 0) is 14.3 Å². The number of carbonyl (C=O) groups excluding carboxylic acids is 2. The van der Waals surface area contributed by atoms with Crippen LogP contribution in [0.4, 0.5) is 10.6 Å². The molecule has 1 saturated heterocycles. The van der Waals surface area contributed by atoms with Crippen molar-refractivity contribution in [2.24, 2.45) is 0 Å². The number of hydrogen-bond acceptors (Lipinski definition) is 6. The van der Waals surface area contributed by atoms with Crippen molar-refractivity contribution in [1.29, 1.82) is 0 Å². The van der Waals surface area contributed by atoms with E-state index in [-0.39, 0.29) is 50.1 Å². The Morgan fingerprint density at radius 1 is 1.06 bits per heavy atom. The van der Waals surface area contributed by atoms with Crippen molar-refractivity contribution in [3.63, 3.8) is 0 Å². The predicted molar refractivity (Wildman–Crippen MR) is 125 cm³/mol. The van der Waals surface area contributed by atoms with Crippen LogP contribution in [0, 0.1) is 0 Å². The minimum Gasteiger partial charge on any atom is -0.480 e. The number of aromatic amines is 1. The Balaban J connectivity index is 1.21. The molecule has 0 saturated carbocycles. The average Bonchev–Trinajstić information content (AvgIpc) is 3.46. The quantitative estimate of drug-likeness (QED) is 0.428. The Morgan fingerprint density at radius 2 is 1.69 bits per heavy atom. The minimum absolute atomic E-state index is 0.0195. The summed E-state index contributed by atoms with van der Waals surface area (Å²) in [6, 6.07) is 17.4. The van der Waals surface area contributed by atoms with E-state index < -0.39 is 23.5 Å². The van der Waals surface area contributed by atoms with Crippen LogP contribution in [0.5, 0.6) is 0 Å². The van der Waals surface area contributed by atoms with Crippen molar-refractivity contribution < 1.29 is 29.0 Å². The molecule has 0 spiro atoms. The third-order valence-electron chi connectivity index (χ3n) is 6.50. The van der Waals surface area contributed by atoms with E-state index in [4.69, 9.17) is 9.47 Å². The molecule has 1 aliphatic heterocycles. The summed E-state index contributed by atoms with van der Waals surface area (Å²) >= 11 is 0. The summed E-state index contributed by atoms with van der Waals surface area (Å²) in [5.41, 5.74) is 3.07. The van der Waals surface area contributed by atoms with E-state index in [9.17, 15) is 19.5 Å². The van der Waals surface area contributed by atoms with Gasteiger partial charge in [-0.15, -0.1) is 0 Å². The number of nitrogens with one attached hydrogen (secondary N) is 3. The van der Waals surface area contributed by atoms with Crippen LogP contribution in [0.1, 0.15) is 40.4 Å². The Morgan fingerprint density at radius 3 is 2.31 bits per heavy atom. The SMILES string of the molecule is O=C(Nc1cc(C(=O)NC2(C(=O)O)CCOCC2)[nH]n1)OCC1c2ccccc2-c2ccccc21. The number of aromatic nitrogens is 2. The first kappa shape index (κ1) is 22.6. The van der Waals surface area contributed by atoms with Crippen LogP contribution in [0.25, 0.3) is 11.1 Å². The van der Waals surface area contributed by atoms with Crippen molar-refractivity contribution in [2.45, 2.75) is 24.3 Å². The average molecular weight is 476 g/mol. The first-order valence-corrected chi connectivity index (χ1v) is 11.3. The Hall–Kier alpha value is -4.18. The second-order valence-electron chi connectivity index (χ2n) is 8.57. The molecule has 3 aromatic rings. The van der Waals surface area contributed by atoms with Crippen molar-refractivity contribution >= 4 is 23.8 Å². The molecule has 180 valence electrons. The molecule has 2 heterocycles. The highest BCUT2D eigenvalue weighted by Gasteiger charge is 2.42. The van der Waals surface area contributed by atoms with E-state index in [1.807, 2.05) is 36.4 Å². The van der Waals surface area contributed by atoms with Gasteiger partial charge in [-0.05, 0) is 22.3 Å². The first-order valence-electron chi connectivity index (χ1n) is 11.3. The van der Waals surface area contributed by atoms with Gasteiger partial charge >= 0.3 is 12.1 Å². The molecule has 1 aromatic heterocycles. The molecule has 0 bridgehead atoms. The molecule has 2 aliphatic rings. The van der Waals surface area contributed by atoms with Gasteiger partial charge in [0.15, 0.2) is 5.82 Å². The molecular formula is C25H24N4O6. The molecule has 4 N–H and O–H groups in total. The van der Waals surface area contributed by atoms with E-state index in [0.717, 1.165) is 22.3 Å². The fraction of sp³-hybridized carbons (Fsp3) is 0.280. The Labute approximate surface area is 200 Å². The zero-order valence-corrected chi connectivity index (χ0v) is 18.7. The van der Waals surface area contributed by atoms with Gasteiger partial charge in [-0.2, -0.15) is 5.10 Å². The number of carboxylic acids is 1. The van der Waals surface area contributed by atoms with Crippen molar-refractivity contribution in [3.8, 4) is 11.1 Å². The van der Waals surface area contributed by atoms with Gasteiger partial charge < -0.3 is 19.9 Å². The number of benzene rings is 2. The number of ether oxygens (including phenoxy) is 2. The lowest BCUT2D eigenvalue weighted by atomic mass is 9.90. The molecule has 2 amide bonds. The van der Waals surface area contributed by atoms with Crippen LogP contribution in [0.3, 0.4) is 0 Å². The number of fused-ring (bicyclic) bond motifs is 3. The van der Waals surface area contributed by atoms with E-state index >= 15 is 0 Å².